The van der Waals surface area contributed by atoms with Gasteiger partial charge < -0.3 is 15.1 Å². The van der Waals surface area contributed by atoms with Crippen LogP contribution in [0.2, 0.25) is 4.34 Å². The molecule has 0 aliphatic carbocycles. The summed E-state index contributed by atoms with van der Waals surface area (Å²) in [5.41, 5.74) is 0. The number of piperazine rings is 1. The van der Waals surface area contributed by atoms with Crippen LogP contribution in [0.4, 0.5) is 0 Å². The van der Waals surface area contributed by atoms with Crippen LogP contribution >= 0.6 is 35.3 Å². The maximum atomic E-state index is 12.5. The van der Waals surface area contributed by atoms with Gasteiger partial charge in [-0.25, -0.2) is 0 Å². The molecule has 1 unspecified atom stereocenters. The fourth-order valence-corrected chi connectivity index (χ4v) is 4.00. The zero-order valence-electron chi connectivity index (χ0n) is 12.1. The van der Waals surface area contributed by atoms with E-state index in [9.17, 15) is 9.59 Å². The highest BCUT2D eigenvalue weighted by Crippen LogP contribution is 2.25. The van der Waals surface area contributed by atoms with E-state index in [0.29, 0.717) is 22.3 Å². The Labute approximate surface area is 145 Å². The van der Waals surface area contributed by atoms with Gasteiger partial charge in [-0.15, -0.1) is 23.7 Å². The Hall–Kier alpha value is -0.820. The lowest BCUT2D eigenvalue weighted by atomic mass is 10.0. The van der Waals surface area contributed by atoms with Gasteiger partial charge in [-0.05, 0) is 25.0 Å². The zero-order chi connectivity index (χ0) is 14.8. The quantitative estimate of drug-likeness (QED) is 0.872. The van der Waals surface area contributed by atoms with Gasteiger partial charge in [0.25, 0.3) is 5.91 Å². The summed E-state index contributed by atoms with van der Waals surface area (Å²) < 4.78 is 0.629. The molecule has 1 N–H and O–H groups in total. The summed E-state index contributed by atoms with van der Waals surface area (Å²) in [5.74, 6) is 0.166. The number of nitrogens with zero attached hydrogens (tertiary/aromatic N) is 2. The summed E-state index contributed by atoms with van der Waals surface area (Å²) in [5, 5.41) is 3.08. The highest BCUT2D eigenvalue weighted by atomic mass is 35.5. The topological polar surface area (TPSA) is 52.7 Å². The normalized spacial score (nSPS) is 22.4. The number of likely N-dealkylation sites (tertiary alicyclic amines) is 1. The summed E-state index contributed by atoms with van der Waals surface area (Å²) in [6, 6.07) is 3.67. The Bertz CT molecular complexity index is 552. The third kappa shape index (κ3) is 3.74. The van der Waals surface area contributed by atoms with Gasteiger partial charge >= 0.3 is 0 Å². The Kier molecular flexibility index (Phi) is 6.09. The largest absolute Gasteiger partial charge is 0.336 e. The number of piperidine rings is 1. The third-order valence-electron chi connectivity index (χ3n) is 4.03. The van der Waals surface area contributed by atoms with Crippen LogP contribution in [0.5, 0.6) is 0 Å². The molecule has 2 saturated heterocycles. The predicted molar refractivity (Wildman–Crippen MR) is 90.1 cm³/mol. The van der Waals surface area contributed by atoms with E-state index in [1.807, 2.05) is 9.80 Å². The van der Waals surface area contributed by atoms with Crippen LogP contribution in [0.15, 0.2) is 12.1 Å². The van der Waals surface area contributed by atoms with E-state index >= 15 is 0 Å². The van der Waals surface area contributed by atoms with E-state index in [0.717, 1.165) is 32.5 Å². The summed E-state index contributed by atoms with van der Waals surface area (Å²) in [6.07, 6.45) is 1.91. The van der Waals surface area contributed by atoms with Crippen molar-refractivity contribution in [1.29, 1.82) is 0 Å². The van der Waals surface area contributed by atoms with Crippen molar-refractivity contribution in [3.63, 3.8) is 0 Å². The average molecular weight is 364 g/mol. The number of nitrogens with one attached hydrogen (secondary N) is 1. The number of hydrogen-bond acceptors (Lipinski definition) is 4. The third-order valence-corrected chi connectivity index (χ3v) is 5.25. The molecule has 0 radical (unpaired) electrons. The molecule has 0 aromatic carbocycles. The maximum Gasteiger partial charge on any atom is 0.264 e. The van der Waals surface area contributed by atoms with E-state index in [4.69, 9.17) is 11.6 Å². The van der Waals surface area contributed by atoms with Crippen LogP contribution in [-0.2, 0) is 4.79 Å². The van der Waals surface area contributed by atoms with Crippen LogP contribution in [0.3, 0.4) is 0 Å². The molecule has 5 nitrogen and oxygen atoms in total. The Morgan fingerprint density at radius 1 is 1.36 bits per heavy atom. The molecule has 1 atom stereocenters. The molecular weight excluding hydrogens is 345 g/mol. The number of carbonyl (C=O) groups is 2. The molecule has 2 aliphatic heterocycles. The van der Waals surface area contributed by atoms with E-state index in [-0.39, 0.29) is 30.3 Å². The van der Waals surface area contributed by atoms with Crippen LogP contribution in [0, 0.1) is 0 Å². The molecule has 2 aliphatic rings. The Balaban J connectivity index is 0.00000176. The van der Waals surface area contributed by atoms with E-state index in [2.05, 4.69) is 5.32 Å². The smallest absolute Gasteiger partial charge is 0.264 e. The molecule has 2 fully saturated rings. The second-order valence-electron chi connectivity index (χ2n) is 5.41. The molecule has 1 aromatic heterocycles. The number of thiophene rings is 1. The van der Waals surface area contributed by atoms with Gasteiger partial charge in [0.1, 0.15) is 0 Å². The Morgan fingerprint density at radius 3 is 2.86 bits per heavy atom. The summed E-state index contributed by atoms with van der Waals surface area (Å²) >= 11 is 7.21. The predicted octanol–water partition coefficient (Wildman–Crippen LogP) is 1.86. The van der Waals surface area contributed by atoms with E-state index < -0.39 is 0 Å². The molecule has 3 rings (SSSR count). The van der Waals surface area contributed by atoms with Gasteiger partial charge in [0.15, 0.2) is 0 Å². The molecule has 22 heavy (non-hydrogen) atoms. The standard InChI is InChI=1S/C14H18ClN3O2S.ClH/c15-12-4-3-11(21-12)14(20)17-6-1-2-10(9-17)18-7-5-16-8-13(18)19;/h3-4,10,16H,1-2,5-9H2;1H. The summed E-state index contributed by atoms with van der Waals surface area (Å²) in [6.45, 7) is 3.35. The highest BCUT2D eigenvalue weighted by Gasteiger charge is 2.32. The number of amides is 2. The lowest BCUT2D eigenvalue weighted by Crippen LogP contribution is -2.57. The number of halogens is 2. The molecule has 3 heterocycles. The van der Waals surface area contributed by atoms with E-state index in [1.165, 1.54) is 11.3 Å². The van der Waals surface area contributed by atoms with Gasteiger partial charge in [-0.2, -0.15) is 0 Å². The molecule has 0 bridgehead atoms. The van der Waals surface area contributed by atoms with Crippen molar-refractivity contribution in [2.75, 3.05) is 32.7 Å². The first kappa shape index (κ1) is 17.5. The van der Waals surface area contributed by atoms with E-state index in [1.54, 1.807) is 12.1 Å². The molecule has 0 spiro atoms. The number of hydrogen-bond donors (Lipinski definition) is 1. The SMILES string of the molecule is Cl.O=C(c1ccc(Cl)s1)N1CCCC(N2CCNCC2=O)C1. The summed E-state index contributed by atoms with van der Waals surface area (Å²) in [7, 11) is 0. The fourth-order valence-electron chi connectivity index (χ4n) is 2.99. The first-order valence-corrected chi connectivity index (χ1v) is 8.39. The van der Waals surface area contributed by atoms with Crippen LogP contribution in [0.25, 0.3) is 0 Å². The monoisotopic (exact) mass is 363 g/mol. The zero-order valence-corrected chi connectivity index (χ0v) is 14.5. The van der Waals surface area contributed by atoms with Crippen LogP contribution in [0.1, 0.15) is 22.5 Å². The highest BCUT2D eigenvalue weighted by molar-refractivity contribution is 7.17. The molecule has 1 aromatic rings. The average Bonchev–Trinajstić information content (AvgIpc) is 2.94. The Morgan fingerprint density at radius 2 is 2.18 bits per heavy atom. The van der Waals surface area contributed by atoms with Crippen molar-refractivity contribution in [2.24, 2.45) is 0 Å². The fraction of sp³-hybridized carbons (Fsp3) is 0.571. The minimum Gasteiger partial charge on any atom is -0.336 e. The summed E-state index contributed by atoms with van der Waals surface area (Å²) in [4.78, 5) is 28.9. The van der Waals surface area contributed by atoms with Gasteiger partial charge in [-0.1, -0.05) is 11.6 Å². The lowest BCUT2D eigenvalue weighted by molar-refractivity contribution is -0.135. The van der Waals surface area contributed by atoms with Gasteiger partial charge in [0.05, 0.1) is 15.8 Å². The van der Waals surface area contributed by atoms with Gasteiger partial charge in [-0.3, -0.25) is 9.59 Å². The van der Waals surface area contributed by atoms with Gasteiger partial charge in [0.2, 0.25) is 5.91 Å². The van der Waals surface area contributed by atoms with Crippen LogP contribution < -0.4 is 5.32 Å². The molecule has 8 heteroatoms. The minimum atomic E-state index is 0. The molecule has 2 amide bonds. The minimum absolute atomic E-state index is 0. The lowest BCUT2D eigenvalue weighted by Gasteiger charge is -2.41. The molecule has 122 valence electrons. The van der Waals surface area contributed by atoms with Crippen molar-refractivity contribution >= 4 is 47.2 Å². The first-order chi connectivity index (χ1) is 10.1. The second-order valence-corrected chi connectivity index (χ2v) is 7.13. The number of rotatable bonds is 2. The van der Waals surface area contributed by atoms with Crippen molar-refractivity contribution in [3.05, 3.63) is 21.3 Å². The first-order valence-electron chi connectivity index (χ1n) is 7.20. The van der Waals surface area contributed by atoms with Crippen molar-refractivity contribution in [2.45, 2.75) is 18.9 Å². The molecular formula is C14H19Cl2N3O2S. The maximum absolute atomic E-state index is 12.5. The molecule has 0 saturated carbocycles. The van der Waals surface area contributed by atoms with Gasteiger partial charge in [0, 0.05) is 32.2 Å². The second kappa shape index (κ2) is 7.64. The number of carbonyl (C=O) groups excluding carboxylic acids is 2. The van der Waals surface area contributed by atoms with Crippen LogP contribution in [-0.4, -0.2) is 60.4 Å². The van der Waals surface area contributed by atoms with Crippen molar-refractivity contribution in [1.82, 2.24) is 15.1 Å². The van der Waals surface area contributed by atoms with Crippen molar-refractivity contribution < 1.29 is 9.59 Å². The van der Waals surface area contributed by atoms with Crippen molar-refractivity contribution in [3.8, 4) is 0 Å².